The lowest BCUT2D eigenvalue weighted by molar-refractivity contribution is -0.892. The van der Waals surface area contributed by atoms with E-state index in [9.17, 15) is 9.59 Å². The first-order valence-electron chi connectivity index (χ1n) is 8.43. The Labute approximate surface area is 151 Å². The summed E-state index contributed by atoms with van der Waals surface area (Å²) < 4.78 is 0. The fourth-order valence-corrected chi connectivity index (χ4v) is 3.65. The average Bonchev–Trinajstić information content (AvgIpc) is 3.00. The Morgan fingerprint density at radius 3 is 2.48 bits per heavy atom. The van der Waals surface area contributed by atoms with Gasteiger partial charge < -0.3 is 9.80 Å². The van der Waals surface area contributed by atoms with Gasteiger partial charge in [-0.15, -0.1) is 11.3 Å². The molecule has 6 nitrogen and oxygen atoms in total. The highest BCUT2D eigenvalue weighted by Crippen LogP contribution is 2.16. The van der Waals surface area contributed by atoms with Gasteiger partial charge in [-0.3, -0.25) is 14.9 Å². The summed E-state index contributed by atoms with van der Waals surface area (Å²) in [4.78, 5) is 32.3. The molecule has 2 N–H and O–H groups in total. The van der Waals surface area contributed by atoms with Crippen molar-refractivity contribution < 1.29 is 14.5 Å². The Bertz CT molecular complexity index is 749. The van der Waals surface area contributed by atoms with E-state index in [1.807, 2.05) is 31.2 Å². The fourth-order valence-electron chi connectivity index (χ4n) is 2.97. The van der Waals surface area contributed by atoms with Crippen LogP contribution in [-0.4, -0.2) is 49.4 Å². The number of nitrogens with one attached hydrogen (secondary N) is 2. The minimum Gasteiger partial charge on any atom is -0.360 e. The van der Waals surface area contributed by atoms with E-state index in [0.717, 1.165) is 42.3 Å². The molecule has 2 heterocycles. The predicted octanol–water partition coefficient (Wildman–Crippen LogP) is 0.998. The molecule has 0 aliphatic carbocycles. The number of piperazine rings is 1. The van der Waals surface area contributed by atoms with E-state index in [2.05, 4.69) is 15.2 Å². The molecule has 0 saturated carbocycles. The summed E-state index contributed by atoms with van der Waals surface area (Å²) in [6.45, 7) is 7.65. The van der Waals surface area contributed by atoms with E-state index in [4.69, 9.17) is 0 Å². The number of thiazole rings is 1. The minimum atomic E-state index is 0.0172. The van der Waals surface area contributed by atoms with Crippen molar-refractivity contribution in [1.29, 1.82) is 0 Å². The zero-order valence-electron chi connectivity index (χ0n) is 14.5. The molecule has 1 fully saturated rings. The van der Waals surface area contributed by atoms with Crippen LogP contribution in [0.3, 0.4) is 0 Å². The lowest BCUT2D eigenvalue weighted by Gasteiger charge is -2.33. The quantitative estimate of drug-likeness (QED) is 0.782. The van der Waals surface area contributed by atoms with Crippen LogP contribution < -0.4 is 15.1 Å². The number of carbonyl (C=O) groups excluding carboxylic acids is 2. The summed E-state index contributed by atoms with van der Waals surface area (Å²) >= 11 is 1.49. The fraction of sp³-hybridized carbons (Fsp3) is 0.389. The number of benzene rings is 1. The molecule has 0 spiro atoms. The van der Waals surface area contributed by atoms with Crippen LogP contribution in [0.1, 0.15) is 22.2 Å². The van der Waals surface area contributed by atoms with Crippen molar-refractivity contribution in [3.05, 3.63) is 40.9 Å². The Morgan fingerprint density at radius 2 is 1.92 bits per heavy atom. The highest BCUT2D eigenvalue weighted by Gasteiger charge is 2.22. The third kappa shape index (κ3) is 4.64. The Kier molecular flexibility index (Phi) is 5.45. The van der Waals surface area contributed by atoms with E-state index in [0.29, 0.717) is 11.7 Å². The van der Waals surface area contributed by atoms with Crippen LogP contribution in [0.25, 0.3) is 0 Å². The number of nitrogens with zero attached hydrogens (tertiary/aromatic N) is 2. The maximum Gasteiger partial charge on any atom is 0.281 e. The first-order chi connectivity index (χ1) is 12.0. The predicted molar refractivity (Wildman–Crippen MR) is 99.7 cm³/mol. The minimum absolute atomic E-state index is 0.0172. The zero-order valence-corrected chi connectivity index (χ0v) is 15.4. The van der Waals surface area contributed by atoms with Crippen LogP contribution in [0.15, 0.2) is 30.5 Å². The maximum absolute atomic E-state index is 12.1. The van der Waals surface area contributed by atoms with E-state index in [-0.39, 0.29) is 11.7 Å². The first-order valence-corrected chi connectivity index (χ1v) is 9.25. The number of quaternary nitrogens is 1. The standard InChI is InChI=1S/C18H22N4O2S/c1-13-11-19-18(25-13)20-17(24)12-21-7-9-22(10-8-21)16-5-3-15(4-6-16)14(2)23/h3-6,11H,7-10,12H2,1-2H3,(H,19,20,24)/p+1. The molecule has 0 bridgehead atoms. The molecule has 1 aliphatic heterocycles. The molecule has 1 aliphatic rings. The number of hydrogen-bond donors (Lipinski definition) is 2. The van der Waals surface area contributed by atoms with Crippen LogP contribution in [0, 0.1) is 6.92 Å². The van der Waals surface area contributed by atoms with Crippen LogP contribution in [0.5, 0.6) is 0 Å². The summed E-state index contributed by atoms with van der Waals surface area (Å²) in [6, 6.07) is 7.75. The summed E-state index contributed by atoms with van der Waals surface area (Å²) in [5.41, 5.74) is 1.87. The third-order valence-electron chi connectivity index (χ3n) is 4.39. The van der Waals surface area contributed by atoms with Crippen LogP contribution in [0.4, 0.5) is 10.8 Å². The topological polar surface area (TPSA) is 66.7 Å². The van der Waals surface area contributed by atoms with Crippen LogP contribution in [0.2, 0.25) is 0 Å². The number of hydrogen-bond acceptors (Lipinski definition) is 5. The number of rotatable bonds is 5. The molecule has 3 rings (SSSR count). The molecule has 7 heteroatoms. The van der Waals surface area contributed by atoms with E-state index >= 15 is 0 Å². The van der Waals surface area contributed by atoms with Crippen molar-refractivity contribution >= 4 is 33.8 Å². The molecule has 1 amide bonds. The molecule has 132 valence electrons. The maximum atomic E-state index is 12.1. The van der Waals surface area contributed by atoms with Crippen LogP contribution in [-0.2, 0) is 4.79 Å². The smallest absolute Gasteiger partial charge is 0.281 e. The van der Waals surface area contributed by atoms with Gasteiger partial charge in [-0.05, 0) is 38.1 Å². The average molecular weight is 359 g/mol. The van der Waals surface area contributed by atoms with Gasteiger partial charge in [-0.1, -0.05) is 0 Å². The Hall–Kier alpha value is -2.25. The zero-order chi connectivity index (χ0) is 17.8. The van der Waals surface area contributed by atoms with Crippen molar-refractivity contribution in [3.63, 3.8) is 0 Å². The normalized spacial score (nSPS) is 15.2. The monoisotopic (exact) mass is 359 g/mol. The SMILES string of the molecule is CC(=O)c1ccc(N2CC[NH+](CC(=O)Nc3ncc(C)s3)CC2)cc1. The third-order valence-corrected chi connectivity index (χ3v) is 5.22. The molecule has 25 heavy (non-hydrogen) atoms. The van der Waals surface area contributed by atoms with E-state index in [1.165, 1.54) is 16.2 Å². The van der Waals surface area contributed by atoms with Crippen molar-refractivity contribution in [1.82, 2.24) is 4.98 Å². The molecule has 0 unspecified atom stereocenters. The molecular weight excluding hydrogens is 336 g/mol. The van der Waals surface area contributed by atoms with Gasteiger partial charge in [0, 0.05) is 22.3 Å². The molecule has 1 saturated heterocycles. The Balaban J connectivity index is 1.48. The lowest BCUT2D eigenvalue weighted by Crippen LogP contribution is -3.15. The molecular formula is C18H23N4O2S+. The largest absolute Gasteiger partial charge is 0.360 e. The number of Topliss-reactive ketones (excluding diaryl/α,β-unsaturated/α-hetero) is 1. The van der Waals surface area contributed by atoms with Crippen molar-refractivity contribution in [2.45, 2.75) is 13.8 Å². The number of anilines is 2. The summed E-state index contributed by atoms with van der Waals surface area (Å²) in [6.07, 6.45) is 1.77. The molecule has 0 radical (unpaired) electrons. The highest BCUT2D eigenvalue weighted by molar-refractivity contribution is 7.15. The van der Waals surface area contributed by atoms with E-state index in [1.54, 1.807) is 13.1 Å². The second-order valence-corrected chi connectivity index (χ2v) is 7.58. The Morgan fingerprint density at radius 1 is 1.24 bits per heavy atom. The van der Waals surface area contributed by atoms with Gasteiger partial charge in [-0.25, -0.2) is 4.98 Å². The highest BCUT2D eigenvalue weighted by atomic mass is 32.1. The van der Waals surface area contributed by atoms with Gasteiger partial charge in [0.05, 0.1) is 26.2 Å². The van der Waals surface area contributed by atoms with Crippen molar-refractivity contribution in [2.75, 3.05) is 42.9 Å². The van der Waals surface area contributed by atoms with Gasteiger partial charge in [0.15, 0.2) is 17.5 Å². The number of aryl methyl sites for hydroxylation is 1. The first kappa shape index (κ1) is 17.6. The van der Waals surface area contributed by atoms with Crippen molar-refractivity contribution in [3.8, 4) is 0 Å². The van der Waals surface area contributed by atoms with Gasteiger partial charge in [0.1, 0.15) is 0 Å². The number of carbonyl (C=O) groups is 2. The van der Waals surface area contributed by atoms with E-state index < -0.39 is 0 Å². The summed E-state index contributed by atoms with van der Waals surface area (Å²) in [7, 11) is 0. The van der Waals surface area contributed by atoms with Gasteiger partial charge in [-0.2, -0.15) is 0 Å². The molecule has 1 aromatic heterocycles. The molecule has 1 aromatic carbocycles. The van der Waals surface area contributed by atoms with Crippen LogP contribution >= 0.6 is 11.3 Å². The lowest BCUT2D eigenvalue weighted by atomic mass is 10.1. The van der Waals surface area contributed by atoms with Gasteiger partial charge in [0.2, 0.25) is 0 Å². The number of amides is 1. The second-order valence-electron chi connectivity index (χ2n) is 6.34. The second kappa shape index (κ2) is 7.76. The van der Waals surface area contributed by atoms with Crippen molar-refractivity contribution in [2.24, 2.45) is 0 Å². The number of aromatic nitrogens is 1. The number of ketones is 1. The summed E-state index contributed by atoms with van der Waals surface area (Å²) in [5, 5.41) is 3.54. The molecule has 0 atom stereocenters. The summed E-state index contributed by atoms with van der Waals surface area (Å²) in [5.74, 6) is 0.103. The van der Waals surface area contributed by atoms with Gasteiger partial charge in [0.25, 0.3) is 5.91 Å². The molecule has 2 aromatic rings. The van der Waals surface area contributed by atoms with Gasteiger partial charge >= 0.3 is 0 Å².